The van der Waals surface area contributed by atoms with Crippen molar-refractivity contribution in [3.8, 4) is 17.1 Å². The lowest BCUT2D eigenvalue weighted by Gasteiger charge is -2.33. The van der Waals surface area contributed by atoms with Gasteiger partial charge in [-0.05, 0) is 31.0 Å². The van der Waals surface area contributed by atoms with E-state index >= 15 is 0 Å². The molecule has 212 valence electrons. The Morgan fingerprint density at radius 3 is 2.56 bits per heavy atom. The number of hydrogen-bond acceptors (Lipinski definition) is 9. The number of aliphatic hydroxyl groups excluding tert-OH is 1. The minimum atomic E-state index is -3.83. The zero-order chi connectivity index (χ0) is 28.2. The van der Waals surface area contributed by atoms with Crippen molar-refractivity contribution in [2.75, 3.05) is 45.9 Å². The van der Waals surface area contributed by atoms with Gasteiger partial charge < -0.3 is 24.6 Å². The number of H-pyrrole nitrogens is 1. The molecule has 0 unspecified atom stereocenters. The molecule has 1 aliphatic heterocycles. The lowest BCUT2D eigenvalue weighted by molar-refractivity contribution is 0.151. The van der Waals surface area contributed by atoms with Crippen LogP contribution in [0, 0.1) is 0 Å². The zero-order valence-electron chi connectivity index (χ0n) is 22.6. The number of nitrogens with zero attached hydrogens (tertiary/aromatic N) is 5. The van der Waals surface area contributed by atoms with Crippen LogP contribution < -0.4 is 10.3 Å². The number of aromatic nitrogens is 3. The molecule has 13 heteroatoms. The molecule has 4 rings (SSSR count). The van der Waals surface area contributed by atoms with Gasteiger partial charge in [-0.1, -0.05) is 25.4 Å². The Morgan fingerprint density at radius 2 is 1.92 bits per heavy atom. The fourth-order valence-corrected chi connectivity index (χ4v) is 6.40. The second-order valence-corrected chi connectivity index (χ2v) is 11.4. The minimum Gasteiger partial charge on any atom is -0.493 e. The molecule has 12 nitrogen and oxygen atoms in total. The average molecular weight is 561 g/mol. The molecular weight excluding hydrogens is 524 g/mol. The molecule has 0 amide bonds. The van der Waals surface area contributed by atoms with Gasteiger partial charge in [0.15, 0.2) is 0 Å². The third kappa shape index (κ3) is 5.71. The number of oxime groups is 1. The van der Waals surface area contributed by atoms with Gasteiger partial charge >= 0.3 is 0 Å². The molecule has 3 N–H and O–H groups in total. The molecule has 2 aromatic heterocycles. The standard InChI is InChI=1S/C26H36N6O6S/c1-4-6-19-21(17-27-35)30(3)24-23(19)28-25(29-26(24)34)20-16-18(7-8-22(20)38-15-5-2)39(36,37)32-11-9-31(10-12-32)13-14-33/h7-8,16-17,33,35H,4-6,9-15H2,1-3H3,(H,28,29,34)/b27-17+. The van der Waals surface area contributed by atoms with Crippen LogP contribution in [0.15, 0.2) is 33.0 Å². The van der Waals surface area contributed by atoms with E-state index in [0.29, 0.717) is 73.8 Å². The highest BCUT2D eigenvalue weighted by molar-refractivity contribution is 7.89. The van der Waals surface area contributed by atoms with E-state index in [1.165, 1.54) is 22.7 Å². The third-order valence-corrected chi connectivity index (χ3v) is 8.81. The number of ether oxygens (including phenoxy) is 1. The highest BCUT2D eigenvalue weighted by Gasteiger charge is 2.30. The number of β-amino-alcohol motifs (C(OH)–C–C–N with tert-alkyl or cyclic N) is 1. The summed E-state index contributed by atoms with van der Waals surface area (Å²) < 4.78 is 36.2. The average Bonchev–Trinajstić information content (AvgIpc) is 3.19. The van der Waals surface area contributed by atoms with Crippen LogP contribution in [0.3, 0.4) is 0 Å². The summed E-state index contributed by atoms with van der Waals surface area (Å²) in [6.45, 7) is 6.59. The predicted molar refractivity (Wildman–Crippen MR) is 148 cm³/mol. The van der Waals surface area contributed by atoms with Gasteiger partial charge in [-0.3, -0.25) is 9.69 Å². The van der Waals surface area contributed by atoms with E-state index in [-0.39, 0.29) is 17.3 Å². The van der Waals surface area contributed by atoms with E-state index in [1.807, 2.05) is 18.7 Å². The Labute approximate surface area is 227 Å². The van der Waals surface area contributed by atoms with Crippen LogP contribution in [0.25, 0.3) is 22.4 Å². The molecule has 1 aliphatic rings. The van der Waals surface area contributed by atoms with Crippen LogP contribution in [0.2, 0.25) is 0 Å². The molecule has 0 atom stereocenters. The van der Waals surface area contributed by atoms with Crippen LogP contribution in [-0.2, 0) is 23.5 Å². The molecule has 1 aromatic carbocycles. The Balaban J connectivity index is 1.84. The van der Waals surface area contributed by atoms with E-state index in [1.54, 1.807) is 17.7 Å². The van der Waals surface area contributed by atoms with Crippen LogP contribution in [-0.4, -0.2) is 94.6 Å². The van der Waals surface area contributed by atoms with Crippen molar-refractivity contribution in [3.63, 3.8) is 0 Å². The fourth-order valence-electron chi connectivity index (χ4n) is 4.95. The molecule has 0 saturated carbocycles. The summed E-state index contributed by atoms with van der Waals surface area (Å²) in [5.74, 6) is 0.607. The maximum absolute atomic E-state index is 13.6. The largest absolute Gasteiger partial charge is 0.493 e. The summed E-state index contributed by atoms with van der Waals surface area (Å²) >= 11 is 0. The third-order valence-electron chi connectivity index (χ3n) is 6.92. The summed E-state index contributed by atoms with van der Waals surface area (Å²) in [6.07, 6.45) is 3.41. The second-order valence-electron chi connectivity index (χ2n) is 9.50. The molecule has 1 saturated heterocycles. The SMILES string of the molecule is CCCOc1ccc(S(=O)(=O)N2CCN(CCO)CC2)cc1-c1nc2c(CCC)c(/C=N/O)n(C)c2c(=O)[nH]1. The molecule has 1 fully saturated rings. The molecule has 3 heterocycles. The van der Waals surface area contributed by atoms with Crippen LogP contribution in [0.5, 0.6) is 5.75 Å². The first-order valence-corrected chi connectivity index (χ1v) is 14.6. The van der Waals surface area contributed by atoms with Crippen LogP contribution in [0.4, 0.5) is 0 Å². The maximum atomic E-state index is 13.6. The summed E-state index contributed by atoms with van der Waals surface area (Å²) in [6, 6.07) is 4.62. The van der Waals surface area contributed by atoms with E-state index < -0.39 is 15.6 Å². The van der Waals surface area contributed by atoms with Crippen LogP contribution in [0.1, 0.15) is 37.9 Å². The number of aromatic amines is 1. The van der Waals surface area contributed by atoms with Crippen molar-refractivity contribution in [2.24, 2.45) is 12.2 Å². The predicted octanol–water partition coefficient (Wildman–Crippen LogP) is 1.78. The number of aliphatic hydroxyl groups is 1. The van der Waals surface area contributed by atoms with E-state index in [0.717, 1.165) is 18.4 Å². The number of fused-ring (bicyclic) bond motifs is 1. The quantitative estimate of drug-likeness (QED) is 0.182. The molecular formula is C26H36N6O6S. The fraction of sp³-hybridized carbons (Fsp3) is 0.500. The highest BCUT2D eigenvalue weighted by Crippen LogP contribution is 2.33. The molecule has 0 spiro atoms. The van der Waals surface area contributed by atoms with Gasteiger partial charge in [0, 0.05) is 45.3 Å². The van der Waals surface area contributed by atoms with Crippen molar-refractivity contribution < 1.29 is 23.5 Å². The van der Waals surface area contributed by atoms with Gasteiger partial charge in [0.1, 0.15) is 22.6 Å². The normalized spacial score (nSPS) is 15.5. The number of benzene rings is 1. The molecule has 39 heavy (non-hydrogen) atoms. The zero-order valence-corrected chi connectivity index (χ0v) is 23.4. The van der Waals surface area contributed by atoms with Crippen molar-refractivity contribution in [2.45, 2.75) is 38.0 Å². The number of nitrogens with one attached hydrogen (secondary N) is 1. The van der Waals surface area contributed by atoms with E-state index in [4.69, 9.17) is 9.72 Å². The van der Waals surface area contributed by atoms with Gasteiger partial charge in [0.05, 0.1) is 35.6 Å². The Kier molecular flexibility index (Phi) is 9.05. The Hall–Kier alpha value is -3.26. The van der Waals surface area contributed by atoms with Gasteiger partial charge in [0.2, 0.25) is 10.0 Å². The summed E-state index contributed by atoms with van der Waals surface area (Å²) in [5.41, 5.74) is 2.10. The lowest BCUT2D eigenvalue weighted by Crippen LogP contribution is -2.49. The van der Waals surface area contributed by atoms with E-state index in [9.17, 15) is 23.5 Å². The molecule has 0 aliphatic carbocycles. The van der Waals surface area contributed by atoms with E-state index in [2.05, 4.69) is 10.1 Å². The lowest BCUT2D eigenvalue weighted by atomic mass is 10.1. The molecule has 0 bridgehead atoms. The Morgan fingerprint density at radius 1 is 1.18 bits per heavy atom. The summed E-state index contributed by atoms with van der Waals surface area (Å²) in [4.78, 5) is 23.0. The first-order valence-electron chi connectivity index (χ1n) is 13.2. The van der Waals surface area contributed by atoms with Crippen molar-refractivity contribution >= 4 is 27.3 Å². The van der Waals surface area contributed by atoms with Gasteiger partial charge in [-0.15, -0.1) is 0 Å². The first kappa shape index (κ1) is 28.7. The van der Waals surface area contributed by atoms with Crippen molar-refractivity contribution in [1.29, 1.82) is 0 Å². The Bertz CT molecular complexity index is 1510. The van der Waals surface area contributed by atoms with Crippen LogP contribution >= 0.6 is 0 Å². The number of aryl methyl sites for hydroxylation is 2. The first-order chi connectivity index (χ1) is 18.8. The minimum absolute atomic E-state index is 0.0283. The summed E-state index contributed by atoms with van der Waals surface area (Å²) in [5, 5.41) is 21.6. The van der Waals surface area contributed by atoms with Gasteiger partial charge in [-0.25, -0.2) is 13.4 Å². The molecule has 3 aromatic rings. The number of piperazine rings is 1. The number of rotatable bonds is 11. The maximum Gasteiger partial charge on any atom is 0.275 e. The van der Waals surface area contributed by atoms with Gasteiger partial charge in [0.25, 0.3) is 5.56 Å². The van der Waals surface area contributed by atoms with Gasteiger partial charge in [-0.2, -0.15) is 4.31 Å². The van der Waals surface area contributed by atoms with Crippen molar-refractivity contribution in [1.82, 2.24) is 23.7 Å². The number of sulfonamides is 1. The summed E-state index contributed by atoms with van der Waals surface area (Å²) in [7, 11) is -2.12. The molecule has 0 radical (unpaired) electrons. The monoisotopic (exact) mass is 560 g/mol. The van der Waals surface area contributed by atoms with Crippen molar-refractivity contribution in [3.05, 3.63) is 39.8 Å². The smallest absolute Gasteiger partial charge is 0.275 e. The number of hydrogen-bond donors (Lipinski definition) is 3. The highest BCUT2D eigenvalue weighted by atomic mass is 32.2. The topological polar surface area (TPSA) is 153 Å². The second kappa shape index (κ2) is 12.3.